The van der Waals surface area contributed by atoms with Gasteiger partial charge in [-0.2, -0.15) is 4.68 Å². The van der Waals surface area contributed by atoms with Gasteiger partial charge in [-0.05, 0) is 52.7 Å². The molecule has 1 aliphatic carbocycles. The molecule has 1 aromatic heterocycles. The number of tetrazole rings is 1. The second-order valence-corrected chi connectivity index (χ2v) is 9.08. The quantitative estimate of drug-likeness (QED) is 0.752. The maximum absolute atomic E-state index is 12.8. The van der Waals surface area contributed by atoms with Gasteiger partial charge >= 0.3 is 5.97 Å². The van der Waals surface area contributed by atoms with Gasteiger partial charge in [-0.1, -0.05) is 32.9 Å². The summed E-state index contributed by atoms with van der Waals surface area (Å²) >= 11 is 0. The summed E-state index contributed by atoms with van der Waals surface area (Å²) in [4.78, 5) is 27.3. The lowest BCUT2D eigenvalue weighted by Gasteiger charge is -2.39. The molecule has 1 aliphatic heterocycles. The van der Waals surface area contributed by atoms with Gasteiger partial charge in [-0.25, -0.2) is 4.79 Å². The van der Waals surface area contributed by atoms with Crippen LogP contribution in [0.15, 0.2) is 30.6 Å². The minimum absolute atomic E-state index is 0.125. The third kappa shape index (κ3) is 3.50. The Labute approximate surface area is 163 Å². The molecular formula is C20H25N5O3. The summed E-state index contributed by atoms with van der Waals surface area (Å²) in [5.74, 6) is -0.687. The molecule has 1 amide bonds. The number of hydrogen-bond acceptors (Lipinski definition) is 6. The lowest BCUT2D eigenvalue weighted by molar-refractivity contribution is -0.135. The highest BCUT2D eigenvalue weighted by molar-refractivity contribution is 5.94. The first-order valence-corrected chi connectivity index (χ1v) is 9.55. The Hall–Kier alpha value is -2.77. The number of likely N-dealkylation sites (tertiary alicyclic amines) is 1. The lowest BCUT2D eigenvalue weighted by atomic mass is 9.65. The highest BCUT2D eigenvalue weighted by atomic mass is 16.5. The van der Waals surface area contributed by atoms with Crippen LogP contribution in [0.5, 0.6) is 0 Å². The maximum atomic E-state index is 12.8. The third-order valence-electron chi connectivity index (χ3n) is 5.78. The first-order valence-electron chi connectivity index (χ1n) is 9.55. The van der Waals surface area contributed by atoms with Gasteiger partial charge in [0.05, 0.1) is 11.3 Å². The van der Waals surface area contributed by atoms with E-state index in [9.17, 15) is 9.59 Å². The topological polar surface area (TPSA) is 90.2 Å². The van der Waals surface area contributed by atoms with Crippen molar-refractivity contribution in [2.24, 2.45) is 10.8 Å². The summed E-state index contributed by atoms with van der Waals surface area (Å²) in [5, 5.41) is 11.0. The molecule has 4 rings (SSSR count). The summed E-state index contributed by atoms with van der Waals surface area (Å²) in [6.45, 7) is 7.26. The number of hydrogen-bond donors (Lipinski definition) is 0. The summed E-state index contributed by atoms with van der Waals surface area (Å²) in [6, 6.07) is 7.11. The predicted octanol–water partition coefficient (Wildman–Crippen LogP) is 2.25. The minimum Gasteiger partial charge on any atom is -0.452 e. The first-order chi connectivity index (χ1) is 13.3. The van der Waals surface area contributed by atoms with Gasteiger partial charge in [-0.3, -0.25) is 4.79 Å². The van der Waals surface area contributed by atoms with Crippen molar-refractivity contribution in [3.8, 4) is 5.69 Å². The lowest BCUT2D eigenvalue weighted by Crippen LogP contribution is -2.39. The smallest absolute Gasteiger partial charge is 0.340 e. The summed E-state index contributed by atoms with van der Waals surface area (Å²) in [7, 11) is 0. The van der Waals surface area contributed by atoms with E-state index in [-0.39, 0.29) is 29.4 Å². The molecule has 148 valence electrons. The second kappa shape index (κ2) is 6.68. The van der Waals surface area contributed by atoms with Crippen molar-refractivity contribution >= 4 is 11.9 Å². The van der Waals surface area contributed by atoms with E-state index >= 15 is 0 Å². The monoisotopic (exact) mass is 383 g/mol. The molecule has 2 atom stereocenters. The summed E-state index contributed by atoms with van der Waals surface area (Å²) in [6.07, 6.45) is 4.53. The highest BCUT2D eigenvalue weighted by Crippen LogP contribution is 2.52. The third-order valence-corrected chi connectivity index (χ3v) is 5.78. The number of aromatic nitrogens is 4. The normalized spacial score (nSPS) is 25.5. The van der Waals surface area contributed by atoms with Crippen molar-refractivity contribution in [1.82, 2.24) is 25.1 Å². The van der Waals surface area contributed by atoms with E-state index in [0.29, 0.717) is 11.3 Å². The molecule has 0 unspecified atom stereocenters. The number of carbonyl (C=O) groups excluding carboxylic acids is 2. The molecule has 8 heteroatoms. The average molecular weight is 383 g/mol. The fourth-order valence-corrected chi connectivity index (χ4v) is 5.16. The predicted molar refractivity (Wildman–Crippen MR) is 101 cm³/mol. The number of nitrogens with zero attached hydrogens (tertiary/aromatic N) is 5. The van der Waals surface area contributed by atoms with E-state index < -0.39 is 5.97 Å². The van der Waals surface area contributed by atoms with Gasteiger partial charge in [-0.15, -0.1) is 5.10 Å². The van der Waals surface area contributed by atoms with Crippen LogP contribution in [0.25, 0.3) is 5.69 Å². The van der Waals surface area contributed by atoms with Crippen molar-refractivity contribution in [1.29, 1.82) is 0 Å². The van der Waals surface area contributed by atoms with Crippen LogP contribution in [0.3, 0.4) is 0 Å². The van der Waals surface area contributed by atoms with E-state index in [2.05, 4.69) is 36.3 Å². The van der Waals surface area contributed by atoms with E-state index in [0.717, 1.165) is 25.8 Å². The van der Waals surface area contributed by atoms with Crippen molar-refractivity contribution < 1.29 is 14.3 Å². The number of benzene rings is 1. The van der Waals surface area contributed by atoms with E-state index in [1.54, 1.807) is 24.3 Å². The summed E-state index contributed by atoms with van der Waals surface area (Å²) < 4.78 is 6.76. The minimum atomic E-state index is -0.562. The zero-order chi connectivity index (χ0) is 19.9. The highest BCUT2D eigenvalue weighted by Gasteiger charge is 2.50. The Morgan fingerprint density at radius 3 is 2.75 bits per heavy atom. The van der Waals surface area contributed by atoms with Crippen LogP contribution >= 0.6 is 0 Å². The number of esters is 1. The molecule has 2 fully saturated rings. The second-order valence-electron chi connectivity index (χ2n) is 9.08. The molecule has 28 heavy (non-hydrogen) atoms. The zero-order valence-electron chi connectivity index (χ0n) is 16.5. The number of amides is 1. The number of ether oxygens (including phenoxy) is 1. The number of rotatable bonds is 4. The van der Waals surface area contributed by atoms with Crippen LogP contribution in [0.1, 0.15) is 50.4 Å². The van der Waals surface area contributed by atoms with Gasteiger partial charge in [0, 0.05) is 12.6 Å². The van der Waals surface area contributed by atoms with Crippen LogP contribution < -0.4 is 0 Å². The van der Waals surface area contributed by atoms with Gasteiger partial charge in [0.15, 0.2) is 6.61 Å². The molecule has 2 aliphatic rings. The number of carbonyl (C=O) groups is 2. The van der Waals surface area contributed by atoms with Crippen molar-refractivity contribution in [2.75, 3.05) is 13.2 Å². The van der Waals surface area contributed by atoms with Crippen molar-refractivity contribution in [3.05, 3.63) is 36.2 Å². The molecular weight excluding hydrogens is 358 g/mol. The fourth-order valence-electron chi connectivity index (χ4n) is 5.16. The number of fused-ring (bicyclic) bond motifs is 2. The van der Waals surface area contributed by atoms with Crippen LogP contribution in [-0.2, 0) is 9.53 Å². The molecule has 1 saturated carbocycles. The van der Waals surface area contributed by atoms with E-state index in [1.807, 2.05) is 4.90 Å². The Morgan fingerprint density at radius 2 is 2.00 bits per heavy atom. The SMILES string of the molecule is CC1(C)C[C@@H]2C[C@@](C)(CN2C(=O)COC(=O)c2ccccc2-n2cnnn2)C1. The fraction of sp³-hybridized carbons (Fsp3) is 0.550. The van der Waals surface area contributed by atoms with E-state index in [4.69, 9.17) is 4.74 Å². The van der Waals surface area contributed by atoms with Gasteiger partial charge < -0.3 is 9.64 Å². The van der Waals surface area contributed by atoms with Crippen LogP contribution in [0.2, 0.25) is 0 Å². The van der Waals surface area contributed by atoms with Gasteiger partial charge in [0.1, 0.15) is 6.33 Å². The Kier molecular flexibility index (Phi) is 4.44. The van der Waals surface area contributed by atoms with Crippen molar-refractivity contribution in [2.45, 2.75) is 46.1 Å². The molecule has 8 nitrogen and oxygen atoms in total. The standard InChI is InChI=1S/C20H25N5O3/c1-19(2)8-14-9-20(3,11-19)12-24(14)17(26)10-28-18(27)15-6-4-5-7-16(15)25-13-21-22-23-25/h4-7,13-14H,8-12H2,1-3H3/t14-,20-/m1/s1. The van der Waals surface area contributed by atoms with Crippen molar-refractivity contribution in [3.63, 3.8) is 0 Å². The molecule has 0 N–H and O–H groups in total. The molecule has 2 heterocycles. The average Bonchev–Trinajstić information content (AvgIpc) is 3.24. The first kappa shape index (κ1) is 18.6. The molecule has 1 saturated heterocycles. The number of para-hydroxylation sites is 1. The molecule has 0 spiro atoms. The maximum Gasteiger partial charge on any atom is 0.340 e. The van der Waals surface area contributed by atoms with Crippen LogP contribution in [0.4, 0.5) is 0 Å². The Morgan fingerprint density at radius 1 is 1.21 bits per heavy atom. The van der Waals surface area contributed by atoms with Gasteiger partial charge in [0.2, 0.25) is 0 Å². The molecule has 0 radical (unpaired) electrons. The molecule has 2 bridgehead atoms. The van der Waals surface area contributed by atoms with Gasteiger partial charge in [0.25, 0.3) is 5.91 Å². The van der Waals surface area contributed by atoms with Crippen LogP contribution in [-0.4, -0.2) is 56.2 Å². The Balaban J connectivity index is 1.43. The Bertz CT molecular complexity index is 895. The molecule has 1 aromatic carbocycles. The zero-order valence-corrected chi connectivity index (χ0v) is 16.5. The molecule has 2 aromatic rings. The largest absolute Gasteiger partial charge is 0.452 e. The summed E-state index contributed by atoms with van der Waals surface area (Å²) in [5.41, 5.74) is 1.21. The van der Waals surface area contributed by atoms with E-state index in [1.165, 1.54) is 11.0 Å². The van der Waals surface area contributed by atoms with Crippen LogP contribution in [0, 0.1) is 10.8 Å².